The van der Waals surface area contributed by atoms with Crippen LogP contribution in [0.2, 0.25) is 0 Å². The lowest BCUT2D eigenvalue weighted by molar-refractivity contribution is -0.119. The Hall–Kier alpha value is -2.82. The third-order valence-electron chi connectivity index (χ3n) is 4.66. The fraction of sp³-hybridized carbons (Fsp3) is 0.333. The molecule has 1 aliphatic rings. The van der Waals surface area contributed by atoms with Crippen molar-refractivity contribution in [3.05, 3.63) is 60.2 Å². The summed E-state index contributed by atoms with van der Waals surface area (Å²) in [7, 11) is 0. The Balaban J connectivity index is 1.55. The van der Waals surface area contributed by atoms with Gasteiger partial charge in [-0.05, 0) is 56.0 Å². The van der Waals surface area contributed by atoms with Crippen molar-refractivity contribution in [3.63, 3.8) is 0 Å². The fourth-order valence-corrected chi connectivity index (χ4v) is 3.36. The van der Waals surface area contributed by atoms with E-state index in [2.05, 4.69) is 16.0 Å². The number of hydrogen-bond donors (Lipinski definition) is 3. The van der Waals surface area contributed by atoms with Gasteiger partial charge in [-0.3, -0.25) is 9.59 Å². The molecule has 0 spiro atoms. The molecule has 2 aromatic rings. The van der Waals surface area contributed by atoms with E-state index in [-0.39, 0.29) is 23.9 Å². The number of amides is 2. The highest BCUT2D eigenvalue weighted by atomic mass is 16.2. The number of para-hydroxylation sites is 1. The molecule has 0 atom stereocenters. The minimum absolute atomic E-state index is 0.0141. The number of carbonyl (C=O) groups excluding carboxylic acids is 2. The molecule has 0 heterocycles. The highest BCUT2D eigenvalue weighted by molar-refractivity contribution is 5.95. The second kappa shape index (κ2) is 8.52. The summed E-state index contributed by atoms with van der Waals surface area (Å²) in [5, 5.41) is 9.39. The average molecular weight is 351 g/mol. The van der Waals surface area contributed by atoms with Crippen LogP contribution in [0.15, 0.2) is 54.6 Å². The van der Waals surface area contributed by atoms with Gasteiger partial charge in [0.15, 0.2) is 0 Å². The van der Waals surface area contributed by atoms with E-state index < -0.39 is 0 Å². The molecule has 26 heavy (non-hydrogen) atoms. The van der Waals surface area contributed by atoms with Crippen molar-refractivity contribution in [1.82, 2.24) is 10.6 Å². The maximum Gasteiger partial charge on any atom is 0.251 e. The van der Waals surface area contributed by atoms with Crippen molar-refractivity contribution >= 4 is 23.2 Å². The fourth-order valence-electron chi connectivity index (χ4n) is 3.36. The molecule has 1 saturated carbocycles. The van der Waals surface area contributed by atoms with Crippen LogP contribution in [0.5, 0.6) is 0 Å². The quantitative estimate of drug-likeness (QED) is 0.771. The molecule has 0 aliphatic heterocycles. The van der Waals surface area contributed by atoms with Crippen molar-refractivity contribution in [3.8, 4) is 0 Å². The normalized spacial score (nSPS) is 19.4. The molecule has 0 aromatic heterocycles. The number of rotatable bonds is 5. The zero-order chi connectivity index (χ0) is 18.4. The number of hydrogen-bond acceptors (Lipinski definition) is 3. The van der Waals surface area contributed by atoms with Gasteiger partial charge in [0.25, 0.3) is 5.91 Å². The topological polar surface area (TPSA) is 70.2 Å². The van der Waals surface area contributed by atoms with Gasteiger partial charge in [0.05, 0.1) is 0 Å². The van der Waals surface area contributed by atoms with Gasteiger partial charge in [0.1, 0.15) is 0 Å². The summed E-state index contributed by atoms with van der Waals surface area (Å²) < 4.78 is 0. The van der Waals surface area contributed by atoms with Gasteiger partial charge in [0, 0.05) is 35.9 Å². The second-order valence-electron chi connectivity index (χ2n) is 6.79. The average Bonchev–Trinajstić information content (AvgIpc) is 2.64. The third-order valence-corrected chi connectivity index (χ3v) is 4.66. The smallest absolute Gasteiger partial charge is 0.251 e. The van der Waals surface area contributed by atoms with E-state index in [1.54, 1.807) is 6.92 Å². The van der Waals surface area contributed by atoms with Crippen molar-refractivity contribution in [2.75, 3.05) is 5.32 Å². The van der Waals surface area contributed by atoms with Gasteiger partial charge in [-0.15, -0.1) is 0 Å². The van der Waals surface area contributed by atoms with Gasteiger partial charge in [-0.25, -0.2) is 0 Å². The summed E-state index contributed by atoms with van der Waals surface area (Å²) in [4.78, 5) is 23.7. The lowest BCUT2D eigenvalue weighted by Crippen LogP contribution is -2.43. The van der Waals surface area contributed by atoms with Gasteiger partial charge >= 0.3 is 0 Å². The van der Waals surface area contributed by atoms with E-state index >= 15 is 0 Å². The van der Waals surface area contributed by atoms with Crippen molar-refractivity contribution < 1.29 is 9.59 Å². The molecule has 1 aliphatic carbocycles. The molecule has 0 unspecified atom stereocenters. The minimum atomic E-state index is -0.0512. The first kappa shape index (κ1) is 18.0. The van der Waals surface area contributed by atoms with Crippen LogP contribution in [-0.2, 0) is 4.79 Å². The van der Waals surface area contributed by atoms with Crippen molar-refractivity contribution in [2.45, 2.75) is 44.7 Å². The first-order valence-corrected chi connectivity index (χ1v) is 9.10. The molecule has 0 bridgehead atoms. The number of anilines is 2. The molecule has 2 amide bonds. The molecule has 136 valence electrons. The van der Waals surface area contributed by atoms with Crippen LogP contribution >= 0.6 is 0 Å². The Morgan fingerprint density at radius 3 is 2.08 bits per heavy atom. The summed E-state index contributed by atoms with van der Waals surface area (Å²) in [6.45, 7) is 1.55. The van der Waals surface area contributed by atoms with Gasteiger partial charge < -0.3 is 16.0 Å². The molecule has 3 rings (SSSR count). The standard InChI is InChI=1S/C21H25N3O2/c1-15(25)22-18-10-12-19(13-11-18)24-21(26)16-6-5-9-20(14-16)23-17-7-3-2-4-8-17/h2-9,14,18-19,23H,10-13H2,1H3,(H,22,25)(H,24,26). The molecule has 1 fully saturated rings. The first-order chi connectivity index (χ1) is 12.6. The molecular formula is C21H25N3O2. The zero-order valence-electron chi connectivity index (χ0n) is 15.0. The molecule has 0 saturated heterocycles. The monoisotopic (exact) mass is 351 g/mol. The van der Waals surface area contributed by atoms with E-state index in [4.69, 9.17) is 0 Å². The van der Waals surface area contributed by atoms with E-state index in [1.165, 1.54) is 0 Å². The van der Waals surface area contributed by atoms with Crippen LogP contribution in [0, 0.1) is 0 Å². The second-order valence-corrected chi connectivity index (χ2v) is 6.79. The van der Waals surface area contributed by atoms with Crippen LogP contribution in [0.3, 0.4) is 0 Å². The summed E-state index contributed by atoms with van der Waals surface area (Å²) >= 11 is 0. The summed E-state index contributed by atoms with van der Waals surface area (Å²) in [6, 6.07) is 17.8. The Morgan fingerprint density at radius 1 is 0.808 bits per heavy atom. The SMILES string of the molecule is CC(=O)NC1CCC(NC(=O)c2cccc(Nc3ccccc3)c2)CC1. The van der Waals surface area contributed by atoms with E-state index in [0.717, 1.165) is 37.1 Å². The van der Waals surface area contributed by atoms with Crippen LogP contribution in [-0.4, -0.2) is 23.9 Å². The summed E-state index contributed by atoms with van der Waals surface area (Å²) in [6.07, 6.45) is 3.58. The van der Waals surface area contributed by atoms with Gasteiger partial charge in [-0.1, -0.05) is 24.3 Å². The number of benzene rings is 2. The zero-order valence-corrected chi connectivity index (χ0v) is 15.0. The molecule has 5 nitrogen and oxygen atoms in total. The Kier molecular flexibility index (Phi) is 5.89. The minimum Gasteiger partial charge on any atom is -0.356 e. The Bertz CT molecular complexity index is 753. The maximum absolute atomic E-state index is 12.6. The predicted molar refractivity (Wildman–Crippen MR) is 103 cm³/mol. The number of carbonyl (C=O) groups is 2. The Labute approximate surface area is 154 Å². The highest BCUT2D eigenvalue weighted by Gasteiger charge is 2.23. The molecule has 0 radical (unpaired) electrons. The van der Waals surface area contributed by atoms with Crippen molar-refractivity contribution in [2.24, 2.45) is 0 Å². The third kappa shape index (κ3) is 5.09. The maximum atomic E-state index is 12.6. The van der Waals surface area contributed by atoms with Gasteiger partial charge in [-0.2, -0.15) is 0 Å². The number of nitrogens with one attached hydrogen (secondary N) is 3. The van der Waals surface area contributed by atoms with Crippen LogP contribution < -0.4 is 16.0 Å². The van der Waals surface area contributed by atoms with E-state index in [0.29, 0.717) is 5.56 Å². The van der Waals surface area contributed by atoms with Crippen molar-refractivity contribution in [1.29, 1.82) is 0 Å². The van der Waals surface area contributed by atoms with Crippen LogP contribution in [0.25, 0.3) is 0 Å². The van der Waals surface area contributed by atoms with Crippen LogP contribution in [0.1, 0.15) is 43.0 Å². The molecule has 5 heteroatoms. The molecular weight excluding hydrogens is 326 g/mol. The molecule has 2 aromatic carbocycles. The highest BCUT2D eigenvalue weighted by Crippen LogP contribution is 2.20. The summed E-state index contributed by atoms with van der Waals surface area (Å²) in [5.41, 5.74) is 2.52. The largest absolute Gasteiger partial charge is 0.356 e. The predicted octanol–water partition coefficient (Wildman–Crippen LogP) is 3.61. The van der Waals surface area contributed by atoms with E-state index in [1.807, 2.05) is 54.6 Å². The first-order valence-electron chi connectivity index (χ1n) is 9.10. The summed E-state index contributed by atoms with van der Waals surface area (Å²) in [5.74, 6) is -0.0371. The lowest BCUT2D eigenvalue weighted by atomic mass is 9.91. The lowest BCUT2D eigenvalue weighted by Gasteiger charge is -2.29. The molecule has 3 N–H and O–H groups in total. The Morgan fingerprint density at radius 2 is 1.42 bits per heavy atom. The van der Waals surface area contributed by atoms with Crippen LogP contribution in [0.4, 0.5) is 11.4 Å². The van der Waals surface area contributed by atoms with E-state index in [9.17, 15) is 9.59 Å². The van der Waals surface area contributed by atoms with Gasteiger partial charge in [0.2, 0.25) is 5.91 Å².